The van der Waals surface area contributed by atoms with Crippen molar-refractivity contribution in [3.05, 3.63) is 63.6 Å². The molecule has 1 saturated heterocycles. The van der Waals surface area contributed by atoms with E-state index in [0.717, 1.165) is 44.7 Å². The number of aryl methyl sites for hydroxylation is 1. The Morgan fingerprint density at radius 2 is 1.89 bits per heavy atom. The fourth-order valence-corrected chi connectivity index (χ4v) is 9.57. The summed E-state index contributed by atoms with van der Waals surface area (Å²) in [5.41, 5.74) is 3.33. The van der Waals surface area contributed by atoms with Crippen molar-refractivity contribution < 1.29 is 9.90 Å². The van der Waals surface area contributed by atoms with Crippen molar-refractivity contribution in [2.45, 2.75) is 81.3 Å². The van der Waals surface area contributed by atoms with E-state index in [1.54, 1.807) is 10.8 Å². The molecule has 7 rings (SSSR count). The number of phenolic OH excluding ortho intramolecular Hbond substituents is 1. The molecule has 5 atom stereocenters. The second-order valence-electron chi connectivity index (χ2n) is 12.3. The minimum atomic E-state index is -0.130. The van der Waals surface area contributed by atoms with Gasteiger partial charge < -0.3 is 14.6 Å². The molecular formula is C30H37N3O3. The van der Waals surface area contributed by atoms with E-state index >= 15 is 0 Å². The van der Waals surface area contributed by atoms with Gasteiger partial charge in [0.1, 0.15) is 11.4 Å². The zero-order valence-corrected chi connectivity index (χ0v) is 21.4. The highest BCUT2D eigenvalue weighted by atomic mass is 16.3. The van der Waals surface area contributed by atoms with Crippen LogP contribution in [0.5, 0.6) is 5.75 Å². The minimum Gasteiger partial charge on any atom is -0.508 e. The van der Waals surface area contributed by atoms with Crippen molar-refractivity contribution >= 4 is 5.91 Å². The number of rotatable bonds is 3. The highest BCUT2D eigenvalue weighted by Gasteiger charge is 2.72. The lowest BCUT2D eigenvalue weighted by atomic mass is 9.43. The van der Waals surface area contributed by atoms with Crippen LogP contribution in [-0.2, 0) is 18.9 Å². The Hall–Kier alpha value is -2.60. The Labute approximate surface area is 212 Å². The number of pyridine rings is 1. The van der Waals surface area contributed by atoms with E-state index in [-0.39, 0.29) is 28.2 Å². The van der Waals surface area contributed by atoms with Crippen molar-refractivity contribution in [1.82, 2.24) is 14.4 Å². The summed E-state index contributed by atoms with van der Waals surface area (Å²) >= 11 is 0. The van der Waals surface area contributed by atoms with Crippen LogP contribution >= 0.6 is 0 Å². The smallest absolute Gasteiger partial charge is 0.270 e. The second-order valence-corrected chi connectivity index (χ2v) is 12.3. The number of hydrogen-bond acceptors (Lipinski definition) is 4. The third kappa shape index (κ3) is 2.77. The van der Waals surface area contributed by atoms with Gasteiger partial charge in [0.2, 0.25) is 0 Å². The number of hydrogen-bond donors (Lipinski definition) is 1. The zero-order chi connectivity index (χ0) is 24.8. The van der Waals surface area contributed by atoms with Crippen LogP contribution in [-0.4, -0.2) is 57.1 Å². The number of likely N-dealkylation sites (tertiary alicyclic amines) is 1. The number of nitrogens with zero attached hydrogens (tertiary/aromatic N) is 3. The zero-order valence-electron chi connectivity index (χ0n) is 21.4. The van der Waals surface area contributed by atoms with Gasteiger partial charge in [-0.2, -0.15) is 0 Å². The number of benzene rings is 1. The monoisotopic (exact) mass is 487 g/mol. The van der Waals surface area contributed by atoms with Crippen LogP contribution in [0.2, 0.25) is 0 Å². The van der Waals surface area contributed by atoms with E-state index in [1.807, 2.05) is 25.1 Å². The molecule has 36 heavy (non-hydrogen) atoms. The average molecular weight is 488 g/mol. The molecule has 190 valence electrons. The first-order valence-corrected chi connectivity index (χ1v) is 13.9. The molecule has 4 unspecified atom stereocenters. The van der Waals surface area contributed by atoms with Gasteiger partial charge in [-0.05, 0) is 92.5 Å². The predicted octanol–water partition coefficient (Wildman–Crippen LogP) is 3.84. The molecule has 4 aliphatic carbocycles. The minimum absolute atomic E-state index is 0.00423. The Morgan fingerprint density at radius 3 is 2.67 bits per heavy atom. The molecule has 1 aromatic heterocycles. The van der Waals surface area contributed by atoms with Crippen molar-refractivity contribution in [3.8, 4) is 5.75 Å². The van der Waals surface area contributed by atoms with E-state index in [2.05, 4.69) is 17.0 Å². The SMILES string of the molecule is CN(C(=O)c1cc(=O)ccn1C)C1CCC23CCC1C21CCN(C2CCC2)[C@@H]3Cc2ccc(O)cc21. The maximum absolute atomic E-state index is 13.7. The van der Waals surface area contributed by atoms with Crippen LogP contribution in [0.4, 0.5) is 0 Å². The molecule has 2 aromatic rings. The number of piperidine rings is 1. The lowest BCUT2D eigenvalue weighted by Crippen LogP contribution is -2.71. The lowest BCUT2D eigenvalue weighted by molar-refractivity contribution is -0.124. The first-order chi connectivity index (χ1) is 17.4. The number of phenols is 1. The van der Waals surface area contributed by atoms with E-state index in [4.69, 9.17) is 0 Å². The first kappa shape index (κ1) is 22.6. The molecule has 1 aliphatic heterocycles. The normalized spacial score (nSPS) is 35.0. The molecule has 6 heteroatoms. The molecular weight excluding hydrogens is 450 g/mol. The summed E-state index contributed by atoms with van der Waals surface area (Å²) in [6.07, 6.45) is 12.4. The Morgan fingerprint density at radius 1 is 1.08 bits per heavy atom. The number of amides is 1. The molecule has 1 aromatic carbocycles. The molecule has 3 saturated carbocycles. The van der Waals surface area contributed by atoms with Crippen LogP contribution in [0.3, 0.4) is 0 Å². The van der Waals surface area contributed by atoms with Crippen molar-refractivity contribution in [2.24, 2.45) is 18.4 Å². The molecule has 0 spiro atoms. The van der Waals surface area contributed by atoms with Gasteiger partial charge in [0, 0.05) is 56.0 Å². The summed E-state index contributed by atoms with van der Waals surface area (Å²) in [6, 6.07) is 10.5. The van der Waals surface area contributed by atoms with E-state index < -0.39 is 0 Å². The fraction of sp³-hybridized carbons (Fsp3) is 0.600. The summed E-state index contributed by atoms with van der Waals surface area (Å²) in [5, 5.41) is 10.6. The Balaban J connectivity index is 1.32. The summed E-state index contributed by atoms with van der Waals surface area (Å²) < 4.78 is 1.77. The Kier molecular flexibility index (Phi) is 4.83. The second kappa shape index (κ2) is 7.70. The van der Waals surface area contributed by atoms with Crippen molar-refractivity contribution in [3.63, 3.8) is 0 Å². The molecule has 0 radical (unpaired) electrons. The van der Waals surface area contributed by atoms with Crippen LogP contribution in [0.25, 0.3) is 0 Å². The van der Waals surface area contributed by atoms with E-state index in [0.29, 0.717) is 23.4 Å². The van der Waals surface area contributed by atoms with E-state index in [1.165, 1.54) is 48.9 Å². The van der Waals surface area contributed by atoms with Crippen LogP contribution in [0.1, 0.15) is 73.0 Å². The van der Waals surface area contributed by atoms with Gasteiger partial charge in [0.25, 0.3) is 5.91 Å². The molecule has 4 fully saturated rings. The van der Waals surface area contributed by atoms with Gasteiger partial charge in [-0.25, -0.2) is 0 Å². The fourth-order valence-electron chi connectivity index (χ4n) is 9.57. The highest BCUT2D eigenvalue weighted by Crippen LogP contribution is 2.72. The molecule has 2 heterocycles. The van der Waals surface area contributed by atoms with Gasteiger partial charge in [-0.15, -0.1) is 0 Å². The molecule has 6 nitrogen and oxygen atoms in total. The van der Waals surface area contributed by atoms with Crippen LogP contribution in [0.15, 0.2) is 41.3 Å². The third-order valence-electron chi connectivity index (χ3n) is 11.3. The number of aromatic hydroxyl groups is 1. The van der Waals surface area contributed by atoms with Crippen molar-refractivity contribution in [1.29, 1.82) is 0 Å². The lowest BCUT2D eigenvalue weighted by Gasteiger charge is -2.68. The number of aromatic nitrogens is 1. The maximum Gasteiger partial charge on any atom is 0.270 e. The van der Waals surface area contributed by atoms with Crippen molar-refractivity contribution in [2.75, 3.05) is 13.6 Å². The quantitative estimate of drug-likeness (QED) is 0.715. The van der Waals surface area contributed by atoms with Crippen LogP contribution in [0, 0.1) is 11.3 Å². The van der Waals surface area contributed by atoms with Crippen LogP contribution < -0.4 is 5.43 Å². The van der Waals surface area contributed by atoms with Gasteiger partial charge in [0.15, 0.2) is 5.43 Å². The van der Waals surface area contributed by atoms with E-state index in [9.17, 15) is 14.7 Å². The summed E-state index contributed by atoms with van der Waals surface area (Å²) in [6.45, 7) is 1.13. The first-order valence-electron chi connectivity index (χ1n) is 13.9. The molecule has 5 aliphatic rings. The molecule has 4 bridgehead atoms. The summed E-state index contributed by atoms with van der Waals surface area (Å²) in [5.74, 6) is 0.669. The predicted molar refractivity (Wildman–Crippen MR) is 138 cm³/mol. The average Bonchev–Trinajstić information content (AvgIpc) is 3.06. The molecule has 1 amide bonds. The molecule has 1 N–H and O–H groups in total. The number of carbonyl (C=O) groups excluding carboxylic acids is 1. The standard InChI is InChI=1S/C30H37N3O3/c1-31-14-10-22(35)18-26(31)28(36)32(2)25-9-12-29-11-8-23(25)30(29)13-15-33(20-4-3-5-20)27(29)16-19-6-7-21(34)17-24(19)30/h6-7,10,14,17-18,20,23,25,27,34H,3-5,8-9,11-13,15-16H2,1-2H3/t23?,25?,27-,29?,30?/m1/s1. The largest absolute Gasteiger partial charge is 0.508 e. The highest BCUT2D eigenvalue weighted by molar-refractivity contribution is 5.92. The Bertz CT molecular complexity index is 1300. The maximum atomic E-state index is 13.7. The summed E-state index contributed by atoms with van der Waals surface area (Å²) in [4.78, 5) is 30.6. The van der Waals surface area contributed by atoms with Gasteiger partial charge in [0.05, 0.1) is 0 Å². The topological polar surface area (TPSA) is 65.8 Å². The van der Waals surface area contributed by atoms with Gasteiger partial charge in [-0.1, -0.05) is 12.5 Å². The number of fused-ring (bicyclic) bond motifs is 1. The third-order valence-corrected chi connectivity index (χ3v) is 11.3. The van der Waals surface area contributed by atoms with Gasteiger partial charge in [-0.3, -0.25) is 14.5 Å². The number of carbonyl (C=O) groups is 1. The van der Waals surface area contributed by atoms with Gasteiger partial charge >= 0.3 is 0 Å². The summed E-state index contributed by atoms with van der Waals surface area (Å²) in [7, 11) is 3.78.